The number of pyridine rings is 1. The van der Waals surface area contributed by atoms with Gasteiger partial charge >= 0.3 is 6.09 Å². The van der Waals surface area contributed by atoms with Gasteiger partial charge in [0.25, 0.3) is 0 Å². The molecule has 0 fully saturated rings. The fourth-order valence-electron chi connectivity index (χ4n) is 1.56. The van der Waals surface area contributed by atoms with Crippen molar-refractivity contribution >= 4 is 40.3 Å². The van der Waals surface area contributed by atoms with Crippen LogP contribution in [0.4, 0.5) is 10.6 Å². The topological polar surface area (TPSA) is 85.4 Å². The predicted molar refractivity (Wildman–Crippen MR) is 89.8 cm³/mol. The number of aromatic nitrogens is 1. The van der Waals surface area contributed by atoms with Gasteiger partial charge in [-0.05, 0) is 39.2 Å². The van der Waals surface area contributed by atoms with Crippen molar-refractivity contribution in [3.8, 4) is 0 Å². The smallest absolute Gasteiger partial charge is 0.413 e. The molecule has 6 nitrogen and oxygen atoms in total. The van der Waals surface area contributed by atoms with E-state index in [2.05, 4.69) is 10.3 Å². The van der Waals surface area contributed by atoms with Gasteiger partial charge in [0.1, 0.15) is 21.7 Å². The van der Waals surface area contributed by atoms with E-state index in [1.807, 2.05) is 0 Å². The number of hydrogen-bond acceptors (Lipinski definition) is 6. The molecule has 0 radical (unpaired) electrons. The van der Waals surface area contributed by atoms with Crippen molar-refractivity contribution in [1.29, 1.82) is 0 Å². The number of amides is 1. The first-order valence-electron chi connectivity index (χ1n) is 6.50. The van der Waals surface area contributed by atoms with Crippen LogP contribution in [-0.4, -0.2) is 43.8 Å². The maximum atomic E-state index is 12.3. The average molecular weight is 344 g/mol. The van der Waals surface area contributed by atoms with Gasteiger partial charge in [-0.15, -0.1) is 11.8 Å². The van der Waals surface area contributed by atoms with Crippen molar-refractivity contribution in [2.24, 2.45) is 0 Å². The molecule has 0 aliphatic heterocycles. The average Bonchev–Trinajstić information content (AvgIpc) is 2.36. The van der Waals surface area contributed by atoms with Crippen LogP contribution in [0.5, 0.6) is 0 Å². The van der Waals surface area contributed by atoms with Gasteiger partial charge in [-0.1, -0.05) is 6.07 Å². The fourth-order valence-corrected chi connectivity index (χ4v) is 3.40. The zero-order valence-corrected chi connectivity index (χ0v) is 14.8. The number of carbonyl (C=O) groups excluding carboxylic acids is 2. The van der Waals surface area contributed by atoms with Gasteiger partial charge in [-0.25, -0.2) is 9.78 Å². The summed E-state index contributed by atoms with van der Waals surface area (Å²) in [6.45, 7) is 5.25. The predicted octanol–water partition coefficient (Wildman–Crippen LogP) is 2.68. The highest BCUT2D eigenvalue weighted by Crippen LogP contribution is 2.17. The maximum absolute atomic E-state index is 12.3. The zero-order valence-electron chi connectivity index (χ0n) is 13.2. The summed E-state index contributed by atoms with van der Waals surface area (Å²) in [5.74, 6) is -0.122. The monoisotopic (exact) mass is 344 g/mol. The summed E-state index contributed by atoms with van der Waals surface area (Å²) in [6, 6.07) is 4.68. The van der Waals surface area contributed by atoms with Crippen LogP contribution in [-0.2, 0) is 15.5 Å². The normalized spacial score (nSPS) is 14.0. The largest absolute Gasteiger partial charge is 0.444 e. The molecule has 0 aliphatic carbocycles. The molecule has 1 heterocycles. The molecule has 1 aromatic heterocycles. The first kappa shape index (κ1) is 18.6. The number of hydrogen-bond donors (Lipinski definition) is 1. The Bertz CT molecular complexity index is 584. The SMILES string of the molecule is CSC(C(=O)c1cccc(NC(=O)OC(C)(C)C)n1)S(C)=O. The van der Waals surface area contributed by atoms with Gasteiger partial charge in [0.2, 0.25) is 5.78 Å². The number of nitrogens with one attached hydrogen (secondary N) is 1. The minimum Gasteiger partial charge on any atom is -0.444 e. The van der Waals surface area contributed by atoms with E-state index in [1.54, 1.807) is 39.2 Å². The number of ketones is 1. The van der Waals surface area contributed by atoms with Gasteiger partial charge in [-0.3, -0.25) is 14.3 Å². The summed E-state index contributed by atoms with van der Waals surface area (Å²) < 4.78 is 16.0. The Hall–Kier alpha value is -1.41. The molecule has 2 unspecified atom stereocenters. The molecule has 122 valence electrons. The van der Waals surface area contributed by atoms with E-state index < -0.39 is 27.1 Å². The maximum Gasteiger partial charge on any atom is 0.413 e. The van der Waals surface area contributed by atoms with Gasteiger partial charge in [0, 0.05) is 17.1 Å². The summed E-state index contributed by atoms with van der Waals surface area (Å²) >= 11 is 1.21. The Labute approximate surface area is 136 Å². The Kier molecular flexibility index (Phi) is 6.55. The van der Waals surface area contributed by atoms with E-state index in [1.165, 1.54) is 24.1 Å². The van der Waals surface area contributed by atoms with E-state index in [4.69, 9.17) is 4.74 Å². The number of nitrogens with zero attached hydrogens (tertiary/aromatic N) is 1. The molecule has 0 aliphatic rings. The highest BCUT2D eigenvalue weighted by molar-refractivity contribution is 8.11. The molecule has 0 saturated heterocycles. The van der Waals surface area contributed by atoms with E-state index in [9.17, 15) is 13.8 Å². The highest BCUT2D eigenvalue weighted by atomic mass is 32.2. The van der Waals surface area contributed by atoms with Gasteiger partial charge in [-0.2, -0.15) is 0 Å². The number of ether oxygens (including phenoxy) is 1. The first-order valence-corrected chi connectivity index (χ1v) is 9.41. The molecule has 0 spiro atoms. The van der Waals surface area contributed by atoms with Crippen LogP contribution < -0.4 is 5.32 Å². The lowest BCUT2D eigenvalue weighted by Gasteiger charge is -2.19. The number of thioether (sulfide) groups is 1. The summed E-state index contributed by atoms with van der Waals surface area (Å²) in [7, 11) is -1.30. The third-order valence-corrected chi connectivity index (χ3v) is 5.21. The van der Waals surface area contributed by atoms with E-state index >= 15 is 0 Å². The van der Waals surface area contributed by atoms with Crippen molar-refractivity contribution in [3.05, 3.63) is 23.9 Å². The molecule has 1 amide bonds. The van der Waals surface area contributed by atoms with Crippen LogP contribution in [0.2, 0.25) is 0 Å². The molecule has 8 heteroatoms. The minimum atomic E-state index is -1.30. The van der Waals surface area contributed by atoms with Crippen LogP contribution >= 0.6 is 11.8 Å². The van der Waals surface area contributed by atoms with E-state index in [0.717, 1.165) is 0 Å². The quantitative estimate of drug-likeness (QED) is 0.827. The second-order valence-corrected chi connectivity index (χ2v) is 8.18. The van der Waals surface area contributed by atoms with Crippen LogP contribution in [0, 0.1) is 0 Å². The number of rotatable bonds is 5. The van der Waals surface area contributed by atoms with Crippen molar-refractivity contribution in [1.82, 2.24) is 4.98 Å². The molecule has 0 saturated carbocycles. The lowest BCUT2D eigenvalue weighted by atomic mass is 10.2. The molecule has 1 N–H and O–H groups in total. The summed E-state index contributed by atoms with van der Waals surface area (Å²) in [4.78, 5) is 28.0. The number of anilines is 1. The van der Waals surface area contributed by atoms with Gasteiger partial charge < -0.3 is 4.74 Å². The fraction of sp³-hybridized carbons (Fsp3) is 0.500. The molecule has 22 heavy (non-hydrogen) atoms. The second-order valence-electron chi connectivity index (χ2n) is 5.47. The molecule has 2 atom stereocenters. The van der Waals surface area contributed by atoms with E-state index in [0.29, 0.717) is 0 Å². The summed E-state index contributed by atoms with van der Waals surface area (Å²) in [5.41, 5.74) is -0.469. The van der Waals surface area contributed by atoms with Crippen molar-refractivity contribution < 1.29 is 18.5 Å². The zero-order chi connectivity index (χ0) is 16.9. The number of carbonyl (C=O) groups is 2. The lowest BCUT2D eigenvalue weighted by Crippen LogP contribution is -2.28. The third kappa shape index (κ3) is 5.76. The molecule has 1 aromatic rings. The highest BCUT2D eigenvalue weighted by Gasteiger charge is 2.24. The Balaban J connectivity index is 2.88. The van der Waals surface area contributed by atoms with Crippen LogP contribution in [0.15, 0.2) is 18.2 Å². The second kappa shape index (κ2) is 7.73. The number of Topliss-reactive ketones (excluding diaryl/α,β-unsaturated/α-hetero) is 1. The van der Waals surface area contributed by atoms with Gasteiger partial charge in [0.05, 0.1) is 0 Å². The summed E-state index contributed by atoms with van der Waals surface area (Å²) in [6.07, 6.45) is 2.54. The minimum absolute atomic E-state index is 0.156. The van der Waals surface area contributed by atoms with Crippen molar-refractivity contribution in [2.75, 3.05) is 17.8 Å². The standard InChI is InChI=1S/C14H20N2O4S2/c1-14(2,3)20-13(18)16-10-8-6-7-9(15-10)11(17)12(21-4)22(5)19/h6-8,12H,1-5H3,(H,15,16,18). The van der Waals surface area contributed by atoms with Crippen LogP contribution in [0.25, 0.3) is 0 Å². The van der Waals surface area contributed by atoms with Gasteiger partial charge in [0.15, 0.2) is 0 Å². The van der Waals surface area contributed by atoms with Crippen molar-refractivity contribution in [2.45, 2.75) is 31.0 Å². The third-order valence-electron chi connectivity index (χ3n) is 2.36. The van der Waals surface area contributed by atoms with E-state index in [-0.39, 0.29) is 17.3 Å². The summed E-state index contributed by atoms with van der Waals surface area (Å²) in [5, 5.41) is 2.47. The molecule has 1 rings (SSSR count). The van der Waals surface area contributed by atoms with Crippen LogP contribution in [0.3, 0.4) is 0 Å². The first-order chi connectivity index (χ1) is 10.1. The molecular formula is C14H20N2O4S2. The Morgan fingerprint density at radius 2 is 2.00 bits per heavy atom. The Morgan fingerprint density at radius 1 is 1.36 bits per heavy atom. The van der Waals surface area contributed by atoms with Crippen LogP contribution in [0.1, 0.15) is 31.3 Å². The Morgan fingerprint density at radius 3 is 2.50 bits per heavy atom. The molecule has 0 bridgehead atoms. The van der Waals surface area contributed by atoms with Crippen molar-refractivity contribution in [3.63, 3.8) is 0 Å². The molecule has 0 aromatic carbocycles. The lowest BCUT2D eigenvalue weighted by molar-refractivity contribution is 0.0635. The molecular weight excluding hydrogens is 324 g/mol.